The highest BCUT2D eigenvalue weighted by Gasteiger charge is 1.89. The fourth-order valence-electron chi connectivity index (χ4n) is 0.979. The lowest BCUT2D eigenvalue weighted by Crippen LogP contribution is -1.88. The molecule has 0 unspecified atom stereocenters. The van der Waals surface area contributed by atoms with Crippen LogP contribution in [0.4, 0.5) is 0 Å². The molecule has 0 aliphatic carbocycles. The minimum absolute atomic E-state index is 1.21. The first-order chi connectivity index (χ1) is 5.43. The van der Waals surface area contributed by atoms with Crippen molar-refractivity contribution in [3.8, 4) is 0 Å². The summed E-state index contributed by atoms with van der Waals surface area (Å²) in [5, 5.41) is 0. The summed E-state index contributed by atoms with van der Waals surface area (Å²) in [4.78, 5) is 0. The minimum Gasteiger partial charge on any atom is -0.171 e. The average molecular weight is 164 g/mol. The lowest BCUT2D eigenvalue weighted by atomic mass is 10.2. The normalized spacial score (nSPS) is 9.82. The standard InChI is InChI=1S/C9H13BS/c10-8-11-7-6-9-4-2-1-3-5-9/h1-5H,6-8,10H2. The van der Waals surface area contributed by atoms with Crippen molar-refractivity contribution in [2.75, 3.05) is 11.4 Å². The van der Waals surface area contributed by atoms with Gasteiger partial charge in [-0.25, -0.2) is 0 Å². The van der Waals surface area contributed by atoms with Gasteiger partial charge in [0.15, 0.2) is 0 Å². The van der Waals surface area contributed by atoms with E-state index in [-0.39, 0.29) is 0 Å². The molecule has 1 aromatic rings. The first kappa shape index (κ1) is 8.73. The van der Waals surface area contributed by atoms with Crippen LogP contribution in [0.5, 0.6) is 0 Å². The van der Waals surface area contributed by atoms with Crippen molar-refractivity contribution >= 4 is 19.6 Å². The van der Waals surface area contributed by atoms with Crippen molar-refractivity contribution in [3.05, 3.63) is 35.9 Å². The Labute approximate surface area is 73.8 Å². The number of rotatable bonds is 4. The average Bonchev–Trinajstić information content (AvgIpc) is 2.07. The van der Waals surface area contributed by atoms with Gasteiger partial charge in [0.2, 0.25) is 0 Å². The maximum Gasteiger partial charge on any atom is 0.114 e. The van der Waals surface area contributed by atoms with Crippen LogP contribution in [0.2, 0.25) is 0 Å². The molecule has 1 aromatic carbocycles. The predicted molar refractivity (Wildman–Crippen MR) is 56.0 cm³/mol. The van der Waals surface area contributed by atoms with Gasteiger partial charge in [0.1, 0.15) is 7.85 Å². The molecule has 0 N–H and O–H groups in total. The molecule has 11 heavy (non-hydrogen) atoms. The van der Waals surface area contributed by atoms with Gasteiger partial charge in [0.05, 0.1) is 0 Å². The summed E-state index contributed by atoms with van der Waals surface area (Å²) < 4.78 is 0. The van der Waals surface area contributed by atoms with Gasteiger partial charge in [-0.2, -0.15) is 11.8 Å². The van der Waals surface area contributed by atoms with E-state index in [2.05, 4.69) is 38.2 Å². The summed E-state index contributed by atoms with van der Waals surface area (Å²) in [5.41, 5.74) is 2.68. The third-order valence-electron chi connectivity index (χ3n) is 1.58. The zero-order valence-corrected chi connectivity index (χ0v) is 7.73. The summed E-state index contributed by atoms with van der Waals surface area (Å²) in [6, 6.07) is 10.7. The van der Waals surface area contributed by atoms with Gasteiger partial charge >= 0.3 is 0 Å². The smallest absolute Gasteiger partial charge is 0.114 e. The number of hydrogen-bond donors (Lipinski definition) is 0. The number of benzene rings is 1. The van der Waals surface area contributed by atoms with Crippen LogP contribution >= 0.6 is 11.8 Å². The Balaban J connectivity index is 2.28. The van der Waals surface area contributed by atoms with Crippen LogP contribution in [0.1, 0.15) is 5.56 Å². The molecule has 0 fully saturated rings. The lowest BCUT2D eigenvalue weighted by Gasteiger charge is -1.98. The second kappa shape index (κ2) is 5.31. The van der Waals surface area contributed by atoms with Crippen molar-refractivity contribution in [2.45, 2.75) is 6.42 Å². The van der Waals surface area contributed by atoms with Crippen LogP contribution < -0.4 is 0 Å². The minimum atomic E-state index is 1.21. The third kappa shape index (κ3) is 3.52. The van der Waals surface area contributed by atoms with Crippen molar-refractivity contribution in [2.24, 2.45) is 0 Å². The SMILES string of the molecule is BCSCCc1ccccc1. The summed E-state index contributed by atoms with van der Waals surface area (Å²) >= 11 is 2.00. The molecule has 0 aliphatic heterocycles. The van der Waals surface area contributed by atoms with E-state index in [4.69, 9.17) is 0 Å². The summed E-state index contributed by atoms with van der Waals surface area (Å²) in [7, 11) is 2.20. The molecule has 0 bridgehead atoms. The maximum absolute atomic E-state index is 2.20. The number of aryl methyl sites for hydroxylation is 1. The van der Waals surface area contributed by atoms with Gasteiger partial charge in [-0.3, -0.25) is 0 Å². The lowest BCUT2D eigenvalue weighted by molar-refractivity contribution is 1.16. The fourth-order valence-corrected chi connectivity index (χ4v) is 1.65. The Morgan fingerprint density at radius 1 is 1.18 bits per heavy atom. The third-order valence-corrected chi connectivity index (χ3v) is 2.48. The molecule has 0 amide bonds. The van der Waals surface area contributed by atoms with Gasteiger partial charge in [-0.15, -0.1) is 0 Å². The van der Waals surface area contributed by atoms with E-state index in [1.54, 1.807) is 0 Å². The highest BCUT2D eigenvalue weighted by molar-refractivity contribution is 8.00. The molecule has 0 nitrogen and oxygen atoms in total. The summed E-state index contributed by atoms with van der Waals surface area (Å²) in [6.45, 7) is 0. The fraction of sp³-hybridized carbons (Fsp3) is 0.333. The monoisotopic (exact) mass is 164 g/mol. The Morgan fingerprint density at radius 2 is 1.91 bits per heavy atom. The van der Waals surface area contributed by atoms with Crippen LogP contribution in [-0.2, 0) is 6.42 Å². The van der Waals surface area contributed by atoms with Gasteiger partial charge in [-0.1, -0.05) is 30.3 Å². The van der Waals surface area contributed by atoms with Crippen molar-refractivity contribution in [1.29, 1.82) is 0 Å². The van der Waals surface area contributed by atoms with Crippen molar-refractivity contribution in [1.82, 2.24) is 0 Å². The van der Waals surface area contributed by atoms with Crippen LogP contribution in [0, 0.1) is 0 Å². The molecule has 0 heterocycles. The Morgan fingerprint density at radius 3 is 2.55 bits per heavy atom. The maximum atomic E-state index is 2.20. The highest BCUT2D eigenvalue weighted by Crippen LogP contribution is 2.04. The highest BCUT2D eigenvalue weighted by atomic mass is 32.2. The zero-order valence-electron chi connectivity index (χ0n) is 6.92. The second-order valence-corrected chi connectivity index (χ2v) is 3.83. The van der Waals surface area contributed by atoms with Crippen molar-refractivity contribution < 1.29 is 0 Å². The molecule has 1 rings (SSSR count). The Bertz CT molecular complexity index is 186. The molecule has 2 heteroatoms. The zero-order chi connectivity index (χ0) is 7.94. The molecule has 0 radical (unpaired) electrons. The Hall–Kier alpha value is -0.365. The molecule has 0 atom stereocenters. The topological polar surface area (TPSA) is 0 Å². The van der Waals surface area contributed by atoms with E-state index < -0.39 is 0 Å². The number of thioether (sulfide) groups is 1. The van der Waals surface area contributed by atoms with Crippen LogP contribution in [0.15, 0.2) is 30.3 Å². The van der Waals surface area contributed by atoms with E-state index in [0.717, 1.165) is 0 Å². The van der Waals surface area contributed by atoms with E-state index in [1.807, 2.05) is 11.8 Å². The predicted octanol–water partition coefficient (Wildman–Crippen LogP) is 1.55. The summed E-state index contributed by atoms with van der Waals surface area (Å²) in [6.07, 6.45) is 1.21. The van der Waals surface area contributed by atoms with Gasteiger partial charge in [0.25, 0.3) is 0 Å². The quantitative estimate of drug-likeness (QED) is 0.480. The van der Waals surface area contributed by atoms with Gasteiger partial charge in [0, 0.05) is 0 Å². The van der Waals surface area contributed by atoms with E-state index in [1.165, 1.54) is 23.4 Å². The molecule has 0 spiro atoms. The van der Waals surface area contributed by atoms with E-state index in [0.29, 0.717) is 0 Å². The van der Waals surface area contributed by atoms with Gasteiger partial charge in [-0.05, 0) is 23.4 Å². The molecule has 0 saturated heterocycles. The van der Waals surface area contributed by atoms with E-state index in [9.17, 15) is 0 Å². The largest absolute Gasteiger partial charge is 0.171 e. The number of hydrogen-bond acceptors (Lipinski definition) is 1. The molecule has 0 aromatic heterocycles. The van der Waals surface area contributed by atoms with E-state index >= 15 is 0 Å². The molecular weight excluding hydrogens is 151 g/mol. The van der Waals surface area contributed by atoms with Crippen LogP contribution in [-0.4, -0.2) is 19.3 Å². The molecule has 0 saturated carbocycles. The first-order valence-corrected chi connectivity index (χ1v) is 5.20. The van der Waals surface area contributed by atoms with Crippen LogP contribution in [0.25, 0.3) is 0 Å². The Kier molecular flexibility index (Phi) is 4.21. The molecular formula is C9H13BS. The van der Waals surface area contributed by atoms with Gasteiger partial charge < -0.3 is 0 Å². The molecule has 58 valence electrons. The summed E-state index contributed by atoms with van der Waals surface area (Å²) in [5.74, 6) is 1.25. The second-order valence-electron chi connectivity index (χ2n) is 2.43. The van der Waals surface area contributed by atoms with Crippen molar-refractivity contribution in [3.63, 3.8) is 0 Å². The van der Waals surface area contributed by atoms with Crippen LogP contribution in [0.3, 0.4) is 0 Å². The molecule has 0 aliphatic rings. The first-order valence-electron chi connectivity index (χ1n) is 4.05.